The highest BCUT2D eigenvalue weighted by molar-refractivity contribution is 7.15. The van der Waals surface area contributed by atoms with Gasteiger partial charge in [-0.05, 0) is 81.3 Å². The number of hydrogen-bond donors (Lipinski definition) is 10. The van der Waals surface area contributed by atoms with Gasteiger partial charge in [0.15, 0.2) is 23.3 Å². The average Bonchev–Trinajstić information content (AvgIpc) is 1.59. The lowest BCUT2D eigenvalue weighted by atomic mass is 9.99. The molecule has 748 valence electrons. The molecule has 1 aliphatic rings. The van der Waals surface area contributed by atoms with Gasteiger partial charge in [0, 0.05) is 144 Å². The van der Waals surface area contributed by atoms with E-state index in [1.54, 1.807) is 82.3 Å². The molecule has 0 spiro atoms. The number of aliphatic imine (C=N–C) groups is 1. The summed E-state index contributed by atoms with van der Waals surface area (Å²) in [6, 6.07) is 17.2. The number of amides is 10. The second-order valence-corrected chi connectivity index (χ2v) is 34.6. The van der Waals surface area contributed by atoms with Gasteiger partial charge in [-0.2, -0.15) is 0 Å². The van der Waals surface area contributed by atoms with Gasteiger partial charge in [-0.1, -0.05) is 108 Å². The number of aryl methyl sites for hydroxylation is 6. The Labute approximate surface area is 811 Å². The van der Waals surface area contributed by atoms with E-state index in [9.17, 15) is 47.9 Å². The van der Waals surface area contributed by atoms with Crippen LogP contribution in [0.25, 0.3) is 16.3 Å². The highest BCUT2D eigenvalue weighted by Crippen LogP contribution is 2.41. The van der Waals surface area contributed by atoms with Crippen LogP contribution in [0.2, 0.25) is 5.02 Å². The number of halogens is 1. The topological polar surface area (TPSA) is 494 Å². The first-order valence-electron chi connectivity index (χ1n) is 46.8. The Morgan fingerprint density at radius 3 is 1.51 bits per heavy atom. The SMILES string of the molecule is CCCCCCCCCCCCCCCC(=O)Nc1cn(C)c(C(=O)Nc2cc(C(=O)NCCC(=O)Nc3nc(C(N)=O)n(C)c3-c3ccn(C)c3C(=O)NCCC(=O)Nc3cn(C)c(C(=O)NCCC(=O)NCCOCCOCCOCCOCCOCCOCCOCCOCCOc4ccc(NC(=O)CC5N=C(c6ccc(Cl)cc6)c6c(sc(C)c6C)-n6c(C)nnc65)cc4)n3)n(C)c2)n1. The molecule has 0 fully saturated rings. The van der Waals surface area contributed by atoms with Gasteiger partial charge in [0.25, 0.3) is 29.5 Å². The summed E-state index contributed by atoms with van der Waals surface area (Å²) in [5.41, 5.74) is 11.0. The summed E-state index contributed by atoms with van der Waals surface area (Å²) in [5, 5.41) is 35.1. The monoisotopic (exact) mass is 1950 g/mol. The van der Waals surface area contributed by atoms with E-state index in [-0.39, 0.29) is 139 Å². The Kier molecular flexibility index (Phi) is 44.5. The Morgan fingerprint density at radius 1 is 0.457 bits per heavy atom. The molecule has 0 aliphatic carbocycles. The predicted molar refractivity (Wildman–Crippen MR) is 521 cm³/mol. The number of imidazole rings is 3. The number of ether oxygens (including phenoxy) is 9. The Bertz CT molecular complexity index is 5520. The standard InChI is InChI=1S/C95H131ClN22O19S/c1-10-11-12-13-14-15-16-17-18-19-20-21-22-23-77(120)105-74-62-116(8)90(108-74)94(128)103-69-58-73(114(6)60-69)91(125)99-37-34-79(122)109-86-83(117(9)88(110-86)85(97)124)71-35-40-113(5)84(71)92(126)100-38-33-78(121)106-75-61-115(7)89(107-75)93(127)101-36-32-76(119)98-39-41-129-42-43-130-44-45-131-46-47-132-48-49-133-50-51-134-52-53-135-54-55-136-56-57-137-70-30-28-68(29-31-70)102-80(123)59-72-87-112-111-65(4)118(87)95-81(63(2)64(3)138-95)82(104-72)66-24-26-67(96)27-25-66/h24-31,35,40,58,60-62,72H,10-23,32-34,36-39,41-57,59H2,1-9H3,(H2,97,124)(H,98,119)(H,99,125)(H,100,126)(H,101,127)(H,102,123)(H,103,128)(H,105,120)(H,106,121)(H,109,122). The number of nitrogens with zero attached hydrogens (tertiary/aromatic N) is 12. The third kappa shape index (κ3) is 34.1. The molecule has 0 bridgehead atoms. The van der Waals surface area contributed by atoms with E-state index >= 15 is 0 Å². The maximum absolute atomic E-state index is 13.9. The van der Waals surface area contributed by atoms with Crippen molar-refractivity contribution >= 4 is 117 Å². The number of thiophene rings is 1. The molecule has 7 aromatic heterocycles. The number of nitrogens with one attached hydrogen (secondary N) is 9. The van der Waals surface area contributed by atoms with Crippen molar-refractivity contribution in [3.05, 3.63) is 153 Å². The van der Waals surface area contributed by atoms with Crippen LogP contribution in [-0.4, -0.2) is 256 Å². The number of carbonyl (C=O) groups excluding carboxylic acids is 10. The summed E-state index contributed by atoms with van der Waals surface area (Å²) in [6.45, 7) is 14.6. The zero-order valence-corrected chi connectivity index (χ0v) is 81.8. The van der Waals surface area contributed by atoms with Crippen LogP contribution in [0.4, 0.5) is 28.8 Å². The third-order valence-electron chi connectivity index (χ3n) is 22.3. The number of rotatable bonds is 65. The van der Waals surface area contributed by atoms with Crippen LogP contribution < -0.4 is 58.3 Å². The molecule has 11 N–H and O–H groups in total. The molecule has 41 nitrogen and oxygen atoms in total. The number of fused-ring (bicyclic) bond motifs is 3. The van der Waals surface area contributed by atoms with Crippen LogP contribution in [-0.2, 0) is 97.1 Å². The van der Waals surface area contributed by atoms with E-state index in [1.165, 1.54) is 113 Å². The van der Waals surface area contributed by atoms with Crippen molar-refractivity contribution in [2.45, 2.75) is 149 Å². The minimum atomic E-state index is -0.925. The molecule has 8 heterocycles. The molecular weight excluding hydrogens is 1820 g/mol. The van der Waals surface area contributed by atoms with Gasteiger partial charge in [0.05, 0.1) is 129 Å². The summed E-state index contributed by atoms with van der Waals surface area (Å²) in [7, 11) is 7.88. The maximum atomic E-state index is 13.9. The molecule has 43 heteroatoms. The molecule has 1 aliphatic heterocycles. The van der Waals surface area contributed by atoms with E-state index in [4.69, 9.17) is 65.0 Å². The number of hydrogen-bond acceptors (Lipinski definition) is 26. The Morgan fingerprint density at radius 2 is 0.957 bits per heavy atom. The van der Waals surface area contributed by atoms with Crippen molar-refractivity contribution < 1.29 is 90.6 Å². The highest BCUT2D eigenvalue weighted by Gasteiger charge is 2.34. The number of anilines is 5. The molecular formula is C95H131ClN22O19S. The normalized spacial score (nSPS) is 12.2. The zero-order valence-electron chi connectivity index (χ0n) is 80.2. The van der Waals surface area contributed by atoms with Gasteiger partial charge in [0.1, 0.15) is 40.6 Å². The first-order valence-corrected chi connectivity index (χ1v) is 48.0. The van der Waals surface area contributed by atoms with Crippen molar-refractivity contribution in [1.82, 2.24) is 73.8 Å². The second-order valence-electron chi connectivity index (χ2n) is 33.0. The van der Waals surface area contributed by atoms with Crippen molar-refractivity contribution in [2.75, 3.05) is 165 Å². The van der Waals surface area contributed by atoms with Gasteiger partial charge < -0.3 is 119 Å². The van der Waals surface area contributed by atoms with E-state index in [1.807, 2.05) is 35.8 Å². The molecule has 10 rings (SSSR count). The summed E-state index contributed by atoms with van der Waals surface area (Å²) in [5.74, 6) is -3.25. The number of primary amides is 1. The number of aromatic nitrogens is 11. The van der Waals surface area contributed by atoms with Gasteiger partial charge >= 0.3 is 0 Å². The van der Waals surface area contributed by atoms with Crippen LogP contribution in [0, 0.1) is 20.8 Å². The maximum Gasteiger partial charge on any atom is 0.291 e. The molecule has 1 atom stereocenters. The minimum absolute atomic E-state index is 0.00425. The van der Waals surface area contributed by atoms with Crippen LogP contribution in [0.15, 0.2) is 90.4 Å². The predicted octanol–water partition coefficient (Wildman–Crippen LogP) is 10.1. The molecule has 0 radical (unpaired) electrons. The largest absolute Gasteiger partial charge is 0.491 e. The van der Waals surface area contributed by atoms with Crippen molar-refractivity contribution in [3.8, 4) is 22.0 Å². The lowest BCUT2D eigenvalue weighted by Crippen LogP contribution is -2.33. The van der Waals surface area contributed by atoms with E-state index in [2.05, 4.69) is 93.8 Å². The molecule has 0 saturated heterocycles. The molecule has 0 saturated carbocycles. The zero-order chi connectivity index (χ0) is 98.7. The lowest BCUT2D eigenvalue weighted by molar-refractivity contribution is -0.121. The first kappa shape index (κ1) is 108. The summed E-state index contributed by atoms with van der Waals surface area (Å²) >= 11 is 7.92. The van der Waals surface area contributed by atoms with Gasteiger partial charge in [-0.3, -0.25) is 57.5 Å². The van der Waals surface area contributed by atoms with Crippen LogP contribution in [0.1, 0.15) is 215 Å². The number of unbranched alkanes of at least 4 members (excludes halogenated alkanes) is 12. The van der Waals surface area contributed by atoms with E-state index in [0.29, 0.717) is 134 Å². The first-order chi connectivity index (χ1) is 66.7. The smallest absolute Gasteiger partial charge is 0.291 e. The van der Waals surface area contributed by atoms with E-state index < -0.39 is 47.4 Å². The molecule has 2 aromatic carbocycles. The van der Waals surface area contributed by atoms with Gasteiger partial charge in [-0.25, -0.2) is 15.0 Å². The summed E-state index contributed by atoms with van der Waals surface area (Å²) in [4.78, 5) is 151. The van der Waals surface area contributed by atoms with Crippen molar-refractivity contribution in [2.24, 2.45) is 46.0 Å². The second kappa shape index (κ2) is 57.1. The molecule has 10 amide bonds. The fourth-order valence-corrected chi connectivity index (χ4v) is 16.4. The van der Waals surface area contributed by atoms with Crippen LogP contribution in [0.5, 0.6) is 5.75 Å². The van der Waals surface area contributed by atoms with E-state index in [0.717, 1.165) is 57.4 Å². The molecule has 138 heavy (non-hydrogen) atoms. The van der Waals surface area contributed by atoms with Crippen LogP contribution >= 0.6 is 22.9 Å². The molecule has 1 unspecified atom stereocenters. The fraction of sp³-hybridized carbons (Fsp3) is 0.516. The highest BCUT2D eigenvalue weighted by atomic mass is 35.5. The Balaban J connectivity index is 0.494. The lowest BCUT2D eigenvalue weighted by Gasteiger charge is -2.13. The number of benzene rings is 2. The fourth-order valence-electron chi connectivity index (χ4n) is 15.0. The van der Waals surface area contributed by atoms with Gasteiger partial charge in [0.2, 0.25) is 47.0 Å². The van der Waals surface area contributed by atoms with Crippen LogP contribution in [0.3, 0.4) is 0 Å². The van der Waals surface area contributed by atoms with Crippen molar-refractivity contribution in [1.29, 1.82) is 0 Å². The summed E-state index contributed by atoms with van der Waals surface area (Å²) < 4.78 is 59.8. The average molecular weight is 1950 g/mol. The Hall–Kier alpha value is -12.4. The minimum Gasteiger partial charge on any atom is -0.491 e. The molecule has 9 aromatic rings. The number of carbonyl (C=O) groups is 10. The van der Waals surface area contributed by atoms with Gasteiger partial charge in [-0.15, -0.1) is 21.5 Å². The number of nitrogens with two attached hydrogens (primary N) is 1. The van der Waals surface area contributed by atoms with Crippen molar-refractivity contribution in [3.63, 3.8) is 0 Å². The summed E-state index contributed by atoms with van der Waals surface area (Å²) in [6.07, 6.45) is 21.6. The quantitative estimate of drug-likeness (QED) is 0.0158. The third-order valence-corrected chi connectivity index (χ3v) is 23.7.